The molecule has 5 nitrogen and oxygen atoms in total. The van der Waals surface area contributed by atoms with Crippen molar-refractivity contribution in [3.05, 3.63) is 24.0 Å². The maximum atomic E-state index is 13.7. The number of anilines is 1. The molecule has 1 aromatic rings. The van der Waals surface area contributed by atoms with Crippen molar-refractivity contribution < 1.29 is 18.7 Å². The molecule has 0 aromatic heterocycles. The lowest BCUT2D eigenvalue weighted by atomic mass is 10.1. The third-order valence-corrected chi connectivity index (χ3v) is 3.44. The molecule has 0 aliphatic carbocycles. The van der Waals surface area contributed by atoms with Gasteiger partial charge in [-0.15, -0.1) is 12.4 Å². The Morgan fingerprint density at radius 3 is 2.81 bits per heavy atom. The van der Waals surface area contributed by atoms with E-state index in [9.17, 15) is 9.18 Å². The predicted molar refractivity (Wildman–Crippen MR) is 80.8 cm³/mol. The number of benzene rings is 1. The zero-order chi connectivity index (χ0) is 14.7. The first-order chi connectivity index (χ1) is 9.54. The van der Waals surface area contributed by atoms with Crippen LogP contribution in [0.4, 0.5) is 10.1 Å². The number of hydrogen-bond acceptors (Lipinski definition) is 4. The highest BCUT2D eigenvalue weighted by molar-refractivity contribution is 5.97. The number of nitrogens with one attached hydrogen (secondary N) is 1. The van der Waals surface area contributed by atoms with Crippen molar-refractivity contribution in [1.82, 2.24) is 5.32 Å². The highest BCUT2D eigenvalue weighted by Gasteiger charge is 2.31. The molecule has 21 heavy (non-hydrogen) atoms. The van der Waals surface area contributed by atoms with E-state index >= 15 is 0 Å². The number of carbonyl (C=O) groups is 1. The van der Waals surface area contributed by atoms with Gasteiger partial charge in [-0.05, 0) is 19.1 Å². The average Bonchev–Trinajstić information content (AvgIpc) is 2.46. The topological polar surface area (TPSA) is 50.8 Å². The van der Waals surface area contributed by atoms with Gasteiger partial charge in [0, 0.05) is 25.3 Å². The van der Waals surface area contributed by atoms with Crippen molar-refractivity contribution in [2.45, 2.75) is 19.1 Å². The smallest absolute Gasteiger partial charge is 0.246 e. The summed E-state index contributed by atoms with van der Waals surface area (Å²) in [5.74, 6) is -0.491. The summed E-state index contributed by atoms with van der Waals surface area (Å²) in [7, 11) is 3.02. The van der Waals surface area contributed by atoms with E-state index in [2.05, 4.69) is 5.32 Å². The summed E-state index contributed by atoms with van der Waals surface area (Å²) in [5.41, 5.74) is 0.480. The molecule has 7 heteroatoms. The molecule has 118 valence electrons. The second-order valence-electron chi connectivity index (χ2n) is 4.72. The molecule has 1 N–H and O–H groups in total. The van der Waals surface area contributed by atoms with E-state index in [4.69, 9.17) is 9.47 Å². The molecule has 0 radical (unpaired) electrons. The monoisotopic (exact) mass is 318 g/mol. The molecule has 1 aromatic carbocycles. The van der Waals surface area contributed by atoms with Crippen LogP contribution in [0.1, 0.15) is 6.92 Å². The number of likely N-dealkylation sites (N-methyl/N-ethyl adjacent to an activating group) is 1. The lowest BCUT2D eigenvalue weighted by Gasteiger charge is -2.32. The van der Waals surface area contributed by atoms with E-state index in [1.54, 1.807) is 13.1 Å². The van der Waals surface area contributed by atoms with Gasteiger partial charge in [0.25, 0.3) is 0 Å². The van der Waals surface area contributed by atoms with Crippen LogP contribution in [-0.4, -0.2) is 45.4 Å². The molecule has 1 aliphatic heterocycles. The lowest BCUT2D eigenvalue weighted by Crippen LogP contribution is -2.55. The Morgan fingerprint density at radius 1 is 1.52 bits per heavy atom. The molecule has 2 atom stereocenters. The third-order valence-electron chi connectivity index (χ3n) is 3.44. The Morgan fingerprint density at radius 2 is 2.24 bits per heavy atom. The molecule has 1 aliphatic rings. The molecular weight excluding hydrogens is 299 g/mol. The second kappa shape index (κ2) is 7.59. The lowest BCUT2D eigenvalue weighted by molar-refractivity contribution is -0.126. The summed E-state index contributed by atoms with van der Waals surface area (Å²) in [6.45, 7) is 3.06. The van der Waals surface area contributed by atoms with Gasteiger partial charge in [0.05, 0.1) is 19.8 Å². The van der Waals surface area contributed by atoms with Crippen LogP contribution in [0.5, 0.6) is 5.75 Å². The van der Waals surface area contributed by atoms with Crippen molar-refractivity contribution in [2.24, 2.45) is 0 Å². The van der Waals surface area contributed by atoms with Gasteiger partial charge < -0.3 is 19.7 Å². The Hall–Kier alpha value is -1.37. The molecule has 0 bridgehead atoms. The zero-order valence-corrected chi connectivity index (χ0v) is 13.1. The van der Waals surface area contributed by atoms with Crippen molar-refractivity contribution >= 4 is 24.0 Å². The highest BCUT2D eigenvalue weighted by Crippen LogP contribution is 2.23. The van der Waals surface area contributed by atoms with Crippen LogP contribution in [0.2, 0.25) is 0 Å². The maximum Gasteiger partial charge on any atom is 0.246 e. The van der Waals surface area contributed by atoms with Crippen LogP contribution in [-0.2, 0) is 9.53 Å². The van der Waals surface area contributed by atoms with Crippen LogP contribution in [0.25, 0.3) is 0 Å². The minimum atomic E-state index is -0.495. The molecule has 2 rings (SSSR count). The van der Waals surface area contributed by atoms with E-state index in [0.29, 0.717) is 18.8 Å². The number of ether oxygens (including phenoxy) is 2. The fraction of sp³-hybridized carbons (Fsp3) is 0.500. The van der Waals surface area contributed by atoms with E-state index in [-0.39, 0.29) is 30.2 Å². The van der Waals surface area contributed by atoms with Gasteiger partial charge in [0.1, 0.15) is 6.04 Å². The number of morpholine rings is 1. The summed E-state index contributed by atoms with van der Waals surface area (Å²) in [6.07, 6.45) is -0.207. The quantitative estimate of drug-likeness (QED) is 0.919. The largest absolute Gasteiger partial charge is 0.494 e. The summed E-state index contributed by atoms with van der Waals surface area (Å²) in [4.78, 5) is 13.8. The van der Waals surface area contributed by atoms with E-state index in [0.717, 1.165) is 0 Å². The van der Waals surface area contributed by atoms with Gasteiger partial charge in [0.15, 0.2) is 11.6 Å². The second-order valence-corrected chi connectivity index (χ2v) is 4.72. The maximum absolute atomic E-state index is 13.7. The first kappa shape index (κ1) is 17.7. The molecule has 1 saturated heterocycles. The predicted octanol–water partition coefficient (Wildman–Crippen LogP) is 1.60. The van der Waals surface area contributed by atoms with Crippen molar-refractivity contribution in [3.8, 4) is 5.75 Å². The SMILES string of the molecule is COc1ccc(N(C)C(=O)[C@H]2NCCO[C@@H]2C)cc1F.Cl. The van der Waals surface area contributed by atoms with Crippen molar-refractivity contribution in [2.75, 3.05) is 32.2 Å². The first-order valence-electron chi connectivity index (χ1n) is 6.50. The standard InChI is InChI=1S/C14H19FN2O3.ClH/c1-9-13(16-6-7-20-9)14(18)17(2)10-4-5-12(19-3)11(15)8-10;/h4-5,8-9,13,16H,6-7H2,1-3H3;1H/t9-,13+;/m1./s1. The fourth-order valence-corrected chi connectivity index (χ4v) is 2.21. The van der Waals surface area contributed by atoms with Crippen molar-refractivity contribution in [3.63, 3.8) is 0 Å². The van der Waals surface area contributed by atoms with E-state index in [1.165, 1.54) is 24.1 Å². The third kappa shape index (κ3) is 3.84. The van der Waals surface area contributed by atoms with E-state index in [1.807, 2.05) is 6.92 Å². The summed E-state index contributed by atoms with van der Waals surface area (Å²) < 4.78 is 24.0. The summed E-state index contributed by atoms with van der Waals surface area (Å²) >= 11 is 0. The summed E-state index contributed by atoms with van der Waals surface area (Å²) in [6, 6.07) is 4.01. The zero-order valence-electron chi connectivity index (χ0n) is 12.3. The van der Waals surface area contributed by atoms with Gasteiger partial charge >= 0.3 is 0 Å². The number of rotatable bonds is 3. The average molecular weight is 319 g/mol. The number of nitrogens with zero attached hydrogens (tertiary/aromatic N) is 1. The highest BCUT2D eigenvalue weighted by atomic mass is 35.5. The first-order valence-corrected chi connectivity index (χ1v) is 6.50. The fourth-order valence-electron chi connectivity index (χ4n) is 2.21. The van der Waals surface area contributed by atoms with Crippen LogP contribution in [0.3, 0.4) is 0 Å². The van der Waals surface area contributed by atoms with Crippen LogP contribution < -0.4 is 15.0 Å². The Balaban J connectivity index is 0.00000220. The number of amides is 1. The molecule has 1 heterocycles. The van der Waals surface area contributed by atoms with Gasteiger partial charge in [-0.3, -0.25) is 4.79 Å². The minimum Gasteiger partial charge on any atom is -0.494 e. The number of halogens is 2. The normalized spacial score (nSPS) is 21.3. The molecule has 1 fully saturated rings. The van der Waals surface area contributed by atoms with Gasteiger partial charge in [-0.25, -0.2) is 4.39 Å². The Kier molecular flexibility index (Phi) is 6.39. The number of carbonyl (C=O) groups excluding carboxylic acids is 1. The minimum absolute atomic E-state index is 0. The molecule has 1 amide bonds. The Labute approximate surface area is 129 Å². The molecule has 0 saturated carbocycles. The van der Waals surface area contributed by atoms with Gasteiger partial charge in [-0.1, -0.05) is 0 Å². The van der Waals surface area contributed by atoms with Crippen molar-refractivity contribution in [1.29, 1.82) is 0 Å². The van der Waals surface area contributed by atoms with Crippen LogP contribution >= 0.6 is 12.4 Å². The van der Waals surface area contributed by atoms with Gasteiger partial charge in [0.2, 0.25) is 5.91 Å². The Bertz CT molecular complexity index is 501. The van der Waals surface area contributed by atoms with Crippen LogP contribution in [0, 0.1) is 5.82 Å². The molecule has 0 unspecified atom stereocenters. The molecular formula is C14H20ClFN2O3. The summed E-state index contributed by atoms with van der Waals surface area (Å²) in [5, 5.41) is 3.12. The van der Waals surface area contributed by atoms with Gasteiger partial charge in [-0.2, -0.15) is 0 Å². The van der Waals surface area contributed by atoms with E-state index < -0.39 is 11.9 Å². The number of methoxy groups -OCH3 is 1. The number of hydrogen-bond donors (Lipinski definition) is 1. The van der Waals surface area contributed by atoms with Crippen LogP contribution in [0.15, 0.2) is 18.2 Å². The molecule has 0 spiro atoms.